The first-order chi connectivity index (χ1) is 12.1. The second-order valence-corrected chi connectivity index (χ2v) is 5.70. The Morgan fingerprint density at radius 1 is 1.08 bits per heavy atom. The van der Waals surface area contributed by atoms with E-state index in [1.54, 1.807) is 37.4 Å². The quantitative estimate of drug-likeness (QED) is 0.793. The molecule has 0 bridgehead atoms. The Bertz CT molecular complexity index is 931. The third kappa shape index (κ3) is 2.57. The van der Waals surface area contributed by atoms with Gasteiger partial charge in [0.1, 0.15) is 0 Å². The maximum absolute atomic E-state index is 12.6. The van der Waals surface area contributed by atoms with Crippen molar-refractivity contribution in [2.75, 3.05) is 17.0 Å². The molecule has 0 unspecified atom stereocenters. The lowest BCUT2D eigenvalue weighted by Gasteiger charge is -2.10. The van der Waals surface area contributed by atoms with Crippen molar-refractivity contribution in [2.24, 2.45) is 5.10 Å². The fourth-order valence-corrected chi connectivity index (χ4v) is 2.77. The van der Waals surface area contributed by atoms with Gasteiger partial charge < -0.3 is 9.64 Å². The van der Waals surface area contributed by atoms with Crippen LogP contribution in [0, 0.1) is 0 Å². The van der Waals surface area contributed by atoms with Crippen LogP contribution in [0.15, 0.2) is 77.4 Å². The number of carbonyl (C=O) groups is 1. The van der Waals surface area contributed by atoms with Crippen LogP contribution >= 0.6 is 0 Å². The highest BCUT2D eigenvalue weighted by Gasteiger charge is 2.29. The minimum atomic E-state index is -0.203. The molecule has 0 N–H and O–H groups in total. The van der Waals surface area contributed by atoms with Crippen LogP contribution in [-0.2, 0) is 4.79 Å². The standard InChI is InChI=1S/C19H16N4O2/c1-13-14(19(24)23(21-13)17-9-5-6-12-20-17)10-11-18-22(2)15-7-3-4-8-16(15)25-18/h3-12H,1-2H3/b14-10?,18-11-. The number of para-hydroxylation sites is 2. The van der Waals surface area contributed by atoms with Gasteiger partial charge in [0.15, 0.2) is 17.5 Å². The molecule has 124 valence electrons. The van der Waals surface area contributed by atoms with E-state index in [0.29, 0.717) is 23.0 Å². The lowest BCUT2D eigenvalue weighted by Crippen LogP contribution is -2.22. The number of hydrogen-bond acceptors (Lipinski definition) is 5. The van der Waals surface area contributed by atoms with Gasteiger partial charge in [0, 0.05) is 13.2 Å². The Labute approximate surface area is 145 Å². The molecule has 1 aromatic heterocycles. The summed E-state index contributed by atoms with van der Waals surface area (Å²) in [4.78, 5) is 18.8. The largest absolute Gasteiger partial charge is 0.439 e. The van der Waals surface area contributed by atoms with Gasteiger partial charge in [0.25, 0.3) is 5.91 Å². The zero-order valence-electron chi connectivity index (χ0n) is 13.9. The zero-order chi connectivity index (χ0) is 17.4. The van der Waals surface area contributed by atoms with Gasteiger partial charge in [-0.15, -0.1) is 0 Å². The number of fused-ring (bicyclic) bond motifs is 1. The summed E-state index contributed by atoms with van der Waals surface area (Å²) >= 11 is 0. The fraction of sp³-hybridized carbons (Fsp3) is 0.105. The van der Waals surface area contributed by atoms with E-state index in [2.05, 4.69) is 10.1 Å². The van der Waals surface area contributed by atoms with E-state index in [9.17, 15) is 4.79 Å². The molecule has 2 aliphatic heterocycles. The summed E-state index contributed by atoms with van der Waals surface area (Å²) in [5.41, 5.74) is 2.15. The van der Waals surface area contributed by atoms with Gasteiger partial charge >= 0.3 is 0 Å². The molecule has 0 fully saturated rings. The molecule has 0 saturated carbocycles. The molecule has 0 aliphatic carbocycles. The molecule has 0 saturated heterocycles. The number of nitrogens with zero attached hydrogens (tertiary/aromatic N) is 4. The van der Waals surface area contributed by atoms with Crippen LogP contribution < -0.4 is 14.6 Å². The number of allylic oxidation sites excluding steroid dienone is 2. The van der Waals surface area contributed by atoms with Gasteiger partial charge in [-0.25, -0.2) is 4.98 Å². The van der Waals surface area contributed by atoms with Crippen molar-refractivity contribution in [1.29, 1.82) is 0 Å². The van der Waals surface area contributed by atoms with E-state index in [0.717, 1.165) is 11.4 Å². The first-order valence-corrected chi connectivity index (χ1v) is 7.89. The summed E-state index contributed by atoms with van der Waals surface area (Å²) in [5, 5.41) is 5.62. The van der Waals surface area contributed by atoms with Crippen LogP contribution in [0.3, 0.4) is 0 Å². The average Bonchev–Trinajstić information content (AvgIpc) is 3.11. The second kappa shape index (κ2) is 5.90. The Kier molecular flexibility index (Phi) is 3.57. The summed E-state index contributed by atoms with van der Waals surface area (Å²) in [6.07, 6.45) is 5.16. The van der Waals surface area contributed by atoms with Crippen LogP contribution in [0.4, 0.5) is 11.5 Å². The summed E-state index contributed by atoms with van der Waals surface area (Å²) in [5.74, 6) is 1.76. The van der Waals surface area contributed by atoms with Crippen molar-refractivity contribution in [2.45, 2.75) is 6.92 Å². The van der Waals surface area contributed by atoms with E-state index in [4.69, 9.17) is 4.74 Å². The van der Waals surface area contributed by atoms with E-state index in [1.807, 2.05) is 42.3 Å². The maximum atomic E-state index is 12.6. The van der Waals surface area contributed by atoms with Crippen molar-refractivity contribution >= 4 is 23.1 Å². The number of amides is 1. The third-order valence-electron chi connectivity index (χ3n) is 4.09. The van der Waals surface area contributed by atoms with E-state index < -0.39 is 0 Å². The number of benzene rings is 1. The van der Waals surface area contributed by atoms with Gasteiger partial charge in [-0.1, -0.05) is 18.2 Å². The zero-order valence-corrected chi connectivity index (χ0v) is 13.9. The topological polar surface area (TPSA) is 58.0 Å². The van der Waals surface area contributed by atoms with Crippen molar-refractivity contribution < 1.29 is 9.53 Å². The molecular weight excluding hydrogens is 316 g/mol. The minimum absolute atomic E-state index is 0.203. The number of aromatic nitrogens is 1. The second-order valence-electron chi connectivity index (χ2n) is 5.70. The highest BCUT2D eigenvalue weighted by atomic mass is 16.5. The predicted octanol–water partition coefficient (Wildman–Crippen LogP) is 3.10. The Morgan fingerprint density at radius 3 is 2.64 bits per heavy atom. The number of hydrazone groups is 1. The number of pyridine rings is 1. The molecule has 6 nitrogen and oxygen atoms in total. The average molecular weight is 332 g/mol. The van der Waals surface area contributed by atoms with Gasteiger partial charge in [0.05, 0.1) is 17.0 Å². The van der Waals surface area contributed by atoms with Crippen LogP contribution in [0.25, 0.3) is 0 Å². The summed E-state index contributed by atoms with van der Waals surface area (Å²) < 4.78 is 5.83. The molecule has 0 atom stereocenters. The number of anilines is 2. The van der Waals surface area contributed by atoms with Crippen LogP contribution in [0.1, 0.15) is 6.92 Å². The van der Waals surface area contributed by atoms with Crippen molar-refractivity contribution in [3.8, 4) is 5.75 Å². The lowest BCUT2D eigenvalue weighted by molar-refractivity contribution is -0.114. The van der Waals surface area contributed by atoms with Gasteiger partial charge in [0.2, 0.25) is 0 Å². The first-order valence-electron chi connectivity index (χ1n) is 7.89. The van der Waals surface area contributed by atoms with Crippen molar-refractivity contribution in [3.05, 3.63) is 72.3 Å². The summed E-state index contributed by atoms with van der Waals surface area (Å²) in [6.45, 7) is 1.80. The van der Waals surface area contributed by atoms with Crippen molar-refractivity contribution in [1.82, 2.24) is 4.98 Å². The predicted molar refractivity (Wildman–Crippen MR) is 96.5 cm³/mol. The van der Waals surface area contributed by atoms with E-state index in [1.165, 1.54) is 5.01 Å². The highest BCUT2D eigenvalue weighted by Crippen LogP contribution is 2.37. The minimum Gasteiger partial charge on any atom is -0.439 e. The van der Waals surface area contributed by atoms with E-state index >= 15 is 0 Å². The summed E-state index contributed by atoms with van der Waals surface area (Å²) in [6, 6.07) is 13.2. The maximum Gasteiger partial charge on any atom is 0.282 e. The molecule has 0 spiro atoms. The number of hydrogen-bond donors (Lipinski definition) is 0. The van der Waals surface area contributed by atoms with Crippen LogP contribution in [0.2, 0.25) is 0 Å². The van der Waals surface area contributed by atoms with Crippen molar-refractivity contribution in [3.63, 3.8) is 0 Å². The first kappa shape index (κ1) is 15.1. The molecule has 6 heteroatoms. The molecule has 1 aromatic carbocycles. The normalized spacial score (nSPS) is 19.4. The Morgan fingerprint density at radius 2 is 1.88 bits per heavy atom. The summed E-state index contributed by atoms with van der Waals surface area (Å²) in [7, 11) is 1.92. The number of rotatable bonds is 2. The van der Waals surface area contributed by atoms with Crippen LogP contribution in [-0.4, -0.2) is 23.7 Å². The number of carbonyl (C=O) groups excluding carboxylic acids is 1. The van der Waals surface area contributed by atoms with Gasteiger partial charge in [-0.2, -0.15) is 10.1 Å². The Hall–Kier alpha value is -3.41. The smallest absolute Gasteiger partial charge is 0.282 e. The SMILES string of the molecule is CC1=NN(c2ccccn2)C(=O)C1=C/C=C1\Oc2ccccc2N1C. The highest BCUT2D eigenvalue weighted by molar-refractivity contribution is 6.29. The Balaban J connectivity index is 1.61. The lowest BCUT2D eigenvalue weighted by atomic mass is 10.1. The van der Waals surface area contributed by atoms with Gasteiger partial charge in [-0.05, 0) is 43.3 Å². The molecule has 4 rings (SSSR count). The van der Waals surface area contributed by atoms with Crippen LogP contribution in [0.5, 0.6) is 5.75 Å². The molecule has 0 radical (unpaired) electrons. The molecular formula is C19H16N4O2. The molecule has 2 aromatic rings. The monoisotopic (exact) mass is 332 g/mol. The third-order valence-corrected chi connectivity index (χ3v) is 4.09. The molecule has 3 heterocycles. The molecule has 2 aliphatic rings. The molecule has 25 heavy (non-hydrogen) atoms. The fourth-order valence-electron chi connectivity index (χ4n) is 2.77. The van der Waals surface area contributed by atoms with E-state index in [-0.39, 0.29) is 5.91 Å². The van der Waals surface area contributed by atoms with Gasteiger partial charge in [-0.3, -0.25) is 4.79 Å². The number of ether oxygens (including phenoxy) is 1. The molecule has 1 amide bonds.